The summed E-state index contributed by atoms with van der Waals surface area (Å²) in [5, 5.41) is 8.22. The lowest BCUT2D eigenvalue weighted by molar-refractivity contribution is 0.323. The first-order valence-electron chi connectivity index (χ1n) is 8.41. The number of nitrogens with one attached hydrogen (secondary N) is 1. The Hall–Kier alpha value is -1.66. The van der Waals surface area contributed by atoms with E-state index >= 15 is 0 Å². The number of aromatic nitrogens is 4. The molecule has 0 spiro atoms. The summed E-state index contributed by atoms with van der Waals surface area (Å²) in [6.07, 6.45) is 7.79. The lowest BCUT2D eigenvalue weighted by Gasteiger charge is -2.15. The third-order valence-electron chi connectivity index (χ3n) is 4.69. The molecule has 4 rings (SSSR count). The second-order valence-corrected chi connectivity index (χ2v) is 6.27. The van der Waals surface area contributed by atoms with Gasteiger partial charge >= 0.3 is 0 Å². The molecular formula is C16H24N6. The Bertz CT molecular complexity index is 599. The number of imidazole rings is 1. The Morgan fingerprint density at radius 2 is 2.00 bits per heavy atom. The highest BCUT2D eigenvalue weighted by Crippen LogP contribution is 2.19. The van der Waals surface area contributed by atoms with Crippen molar-refractivity contribution in [2.45, 2.75) is 38.9 Å². The van der Waals surface area contributed by atoms with Crippen molar-refractivity contribution in [3.63, 3.8) is 0 Å². The molecule has 0 radical (unpaired) electrons. The van der Waals surface area contributed by atoms with Gasteiger partial charge in [-0.2, -0.15) is 5.10 Å². The van der Waals surface area contributed by atoms with Crippen LogP contribution in [0.4, 0.5) is 0 Å². The van der Waals surface area contributed by atoms with Crippen LogP contribution in [0.15, 0.2) is 18.5 Å². The molecule has 0 unspecified atom stereocenters. The molecule has 6 nitrogen and oxygen atoms in total. The highest BCUT2D eigenvalue weighted by atomic mass is 15.3. The first-order chi connectivity index (χ1) is 10.9. The van der Waals surface area contributed by atoms with Crippen molar-refractivity contribution in [2.24, 2.45) is 0 Å². The molecule has 6 heteroatoms. The number of hydrogen-bond acceptors (Lipinski definition) is 4. The molecule has 118 valence electrons. The van der Waals surface area contributed by atoms with E-state index in [4.69, 9.17) is 5.10 Å². The molecule has 1 saturated heterocycles. The number of nitrogens with zero attached hydrogens (tertiary/aromatic N) is 5. The number of rotatable bonds is 4. The first-order valence-corrected chi connectivity index (χ1v) is 8.41. The monoisotopic (exact) mass is 300 g/mol. The quantitative estimate of drug-likeness (QED) is 0.926. The minimum absolute atomic E-state index is 0.904. The molecular weight excluding hydrogens is 276 g/mol. The van der Waals surface area contributed by atoms with Crippen molar-refractivity contribution in [3.8, 4) is 11.5 Å². The van der Waals surface area contributed by atoms with Gasteiger partial charge in [-0.05, 0) is 45.0 Å². The van der Waals surface area contributed by atoms with Crippen LogP contribution in [0.1, 0.15) is 25.0 Å². The molecule has 1 N–H and O–H groups in total. The third kappa shape index (κ3) is 2.80. The second kappa shape index (κ2) is 6.22. The largest absolute Gasteiger partial charge is 0.328 e. The molecule has 0 aromatic carbocycles. The average Bonchev–Trinajstić information content (AvgIpc) is 3.24. The standard InChI is InChI=1S/C16H24N6/c1-2-7-20(6-1)10-11-21-9-5-18-16(21)15-12-14-13-17-4-3-8-22(14)19-15/h5,9,12,17H,1-4,6-8,10-11,13H2. The normalized spacial score (nSPS) is 19.3. The Balaban J connectivity index is 1.51. The Morgan fingerprint density at radius 1 is 1.09 bits per heavy atom. The highest BCUT2D eigenvalue weighted by molar-refractivity contribution is 5.50. The van der Waals surface area contributed by atoms with Crippen LogP contribution in [-0.4, -0.2) is 50.4 Å². The van der Waals surface area contributed by atoms with Crippen LogP contribution >= 0.6 is 0 Å². The minimum Gasteiger partial charge on any atom is -0.328 e. The summed E-state index contributed by atoms with van der Waals surface area (Å²) in [4.78, 5) is 7.08. The lowest BCUT2D eigenvalue weighted by Crippen LogP contribution is -2.24. The molecule has 1 fully saturated rings. The van der Waals surface area contributed by atoms with Crippen LogP contribution in [0, 0.1) is 0 Å². The smallest absolute Gasteiger partial charge is 0.160 e. The van der Waals surface area contributed by atoms with Crippen LogP contribution in [0.3, 0.4) is 0 Å². The molecule has 0 aliphatic carbocycles. The van der Waals surface area contributed by atoms with Gasteiger partial charge in [0.1, 0.15) is 5.69 Å². The fraction of sp³-hybridized carbons (Fsp3) is 0.625. The van der Waals surface area contributed by atoms with E-state index in [9.17, 15) is 0 Å². The van der Waals surface area contributed by atoms with E-state index in [2.05, 4.69) is 36.7 Å². The van der Waals surface area contributed by atoms with Gasteiger partial charge in [0.05, 0.1) is 5.69 Å². The van der Waals surface area contributed by atoms with E-state index in [1.165, 1.54) is 31.6 Å². The van der Waals surface area contributed by atoms with Gasteiger partial charge in [-0.25, -0.2) is 4.98 Å². The summed E-state index contributed by atoms with van der Waals surface area (Å²) in [5.41, 5.74) is 2.27. The van der Waals surface area contributed by atoms with Crippen LogP contribution < -0.4 is 5.32 Å². The predicted molar refractivity (Wildman–Crippen MR) is 85.4 cm³/mol. The van der Waals surface area contributed by atoms with E-state index < -0.39 is 0 Å². The van der Waals surface area contributed by atoms with Gasteiger partial charge in [0, 0.05) is 38.6 Å². The van der Waals surface area contributed by atoms with Gasteiger partial charge < -0.3 is 14.8 Å². The predicted octanol–water partition coefficient (Wildman–Crippen LogP) is 1.34. The van der Waals surface area contributed by atoms with Crippen LogP contribution in [-0.2, 0) is 19.6 Å². The third-order valence-corrected chi connectivity index (χ3v) is 4.69. The molecule has 0 saturated carbocycles. The molecule has 2 aliphatic heterocycles. The Morgan fingerprint density at radius 3 is 2.91 bits per heavy atom. The van der Waals surface area contributed by atoms with E-state index in [1.54, 1.807) is 0 Å². The van der Waals surface area contributed by atoms with Crippen molar-refractivity contribution >= 4 is 0 Å². The average molecular weight is 300 g/mol. The van der Waals surface area contributed by atoms with Gasteiger partial charge in [-0.1, -0.05) is 0 Å². The van der Waals surface area contributed by atoms with E-state index in [0.29, 0.717) is 0 Å². The molecule has 22 heavy (non-hydrogen) atoms. The van der Waals surface area contributed by atoms with Crippen LogP contribution in [0.25, 0.3) is 11.5 Å². The van der Waals surface area contributed by atoms with Gasteiger partial charge in [-0.3, -0.25) is 4.68 Å². The fourth-order valence-corrected chi connectivity index (χ4v) is 3.45. The van der Waals surface area contributed by atoms with Crippen molar-refractivity contribution in [3.05, 3.63) is 24.2 Å². The summed E-state index contributed by atoms with van der Waals surface area (Å²) in [5.74, 6) is 1.000. The van der Waals surface area contributed by atoms with Crippen molar-refractivity contribution in [2.75, 3.05) is 26.2 Å². The van der Waals surface area contributed by atoms with E-state index in [0.717, 1.165) is 50.7 Å². The first kappa shape index (κ1) is 14.0. The van der Waals surface area contributed by atoms with E-state index in [1.807, 2.05) is 6.20 Å². The zero-order valence-electron chi connectivity index (χ0n) is 13.0. The van der Waals surface area contributed by atoms with Crippen molar-refractivity contribution in [1.82, 2.24) is 29.5 Å². The van der Waals surface area contributed by atoms with Crippen molar-refractivity contribution < 1.29 is 0 Å². The Kier molecular flexibility index (Phi) is 3.95. The maximum atomic E-state index is 4.77. The van der Waals surface area contributed by atoms with Gasteiger partial charge in [0.25, 0.3) is 0 Å². The zero-order chi connectivity index (χ0) is 14.8. The summed E-state index contributed by atoms with van der Waals surface area (Å²) < 4.78 is 4.38. The summed E-state index contributed by atoms with van der Waals surface area (Å²) in [6.45, 7) is 7.57. The Labute approximate surface area is 131 Å². The molecule has 4 heterocycles. The summed E-state index contributed by atoms with van der Waals surface area (Å²) >= 11 is 0. The van der Waals surface area contributed by atoms with E-state index in [-0.39, 0.29) is 0 Å². The molecule has 0 bridgehead atoms. The fourth-order valence-electron chi connectivity index (χ4n) is 3.45. The lowest BCUT2D eigenvalue weighted by atomic mass is 10.3. The summed E-state index contributed by atoms with van der Waals surface area (Å²) in [6, 6.07) is 2.19. The van der Waals surface area contributed by atoms with Crippen LogP contribution in [0.2, 0.25) is 0 Å². The summed E-state index contributed by atoms with van der Waals surface area (Å²) in [7, 11) is 0. The number of likely N-dealkylation sites (tertiary alicyclic amines) is 1. The van der Waals surface area contributed by atoms with Gasteiger partial charge in [0.2, 0.25) is 0 Å². The molecule has 0 amide bonds. The van der Waals surface area contributed by atoms with Crippen LogP contribution in [0.5, 0.6) is 0 Å². The number of hydrogen-bond donors (Lipinski definition) is 1. The molecule has 2 aliphatic rings. The second-order valence-electron chi connectivity index (χ2n) is 6.27. The molecule has 0 atom stereocenters. The zero-order valence-corrected chi connectivity index (χ0v) is 13.0. The topological polar surface area (TPSA) is 50.9 Å². The van der Waals surface area contributed by atoms with Gasteiger partial charge in [-0.15, -0.1) is 0 Å². The van der Waals surface area contributed by atoms with Crippen molar-refractivity contribution in [1.29, 1.82) is 0 Å². The molecule has 2 aromatic heterocycles. The molecule has 2 aromatic rings. The highest BCUT2D eigenvalue weighted by Gasteiger charge is 2.16. The minimum atomic E-state index is 0.904. The van der Waals surface area contributed by atoms with Gasteiger partial charge in [0.15, 0.2) is 5.82 Å². The number of aryl methyl sites for hydroxylation is 1. The maximum absolute atomic E-state index is 4.77. The SMILES string of the molecule is c1cn(CCN2CCCC2)c(-c2cc3n(n2)CCCNC3)n1. The number of fused-ring (bicyclic) bond motifs is 1. The maximum Gasteiger partial charge on any atom is 0.160 e.